The van der Waals surface area contributed by atoms with Gasteiger partial charge in [0, 0.05) is 0 Å². The average Bonchev–Trinajstić information content (AvgIpc) is 3.21. The van der Waals surface area contributed by atoms with E-state index in [-0.39, 0.29) is 58.9 Å². The molecular formula is C51H87Cl3Si7Ti. The van der Waals surface area contributed by atoms with Gasteiger partial charge in [0.2, 0.25) is 0 Å². The summed E-state index contributed by atoms with van der Waals surface area (Å²) in [5.74, 6) is 0. The molecule has 4 rings (SSSR count). The summed E-state index contributed by atoms with van der Waals surface area (Å²) in [4.78, 5) is 0. The molecule has 344 valence electrons. The number of hydrogen-bond acceptors (Lipinski definition) is 0. The van der Waals surface area contributed by atoms with Crippen molar-refractivity contribution in [2.24, 2.45) is 0 Å². The van der Waals surface area contributed by atoms with Crippen molar-refractivity contribution in [3.8, 4) is 0 Å². The quantitative estimate of drug-likeness (QED) is 0.121. The van der Waals surface area contributed by atoms with Crippen molar-refractivity contribution >= 4 is 108 Å². The summed E-state index contributed by atoms with van der Waals surface area (Å²) in [5, 5.41) is 17.2. The van der Waals surface area contributed by atoms with E-state index < -0.39 is 56.5 Å². The van der Waals surface area contributed by atoms with Crippen LogP contribution in [0.2, 0.25) is 118 Å². The molecule has 0 N–H and O–H groups in total. The normalized spacial score (nSPS) is 13.0. The first kappa shape index (κ1) is 62.1. The average molecular weight is 1050 g/mol. The number of hydrogen-bond donors (Lipinski definition) is 0. The van der Waals surface area contributed by atoms with Crippen LogP contribution >= 0.6 is 0 Å². The van der Waals surface area contributed by atoms with Crippen molar-refractivity contribution in [2.45, 2.75) is 187 Å². The molecule has 0 spiro atoms. The van der Waals surface area contributed by atoms with Crippen LogP contribution in [-0.4, -0.2) is 56.5 Å². The summed E-state index contributed by atoms with van der Waals surface area (Å²) < 4.78 is 0. The van der Waals surface area contributed by atoms with Crippen molar-refractivity contribution in [1.29, 1.82) is 0 Å². The maximum atomic E-state index is 2.91. The Morgan fingerprint density at radius 2 is 0.532 bits per heavy atom. The minimum absolute atomic E-state index is 0. The standard InChI is InChI=1S/C51H87Si7.3ClH.Ti/c1-32-33(2)38(7)48(37(32)6)58(42-29-45(52(11,12)13)49(55(20,21)22)39(8)34(42)3,43-30-46(53(14,15)16)50(56(23,24)25)40(9)35(43)4)44-31-47(54(17,18)19)51(57(26,27)28)41(10)36(44)5;;;;/h29-31H,1-28H3;3*1H;/q-1;;;;+4/p-3. The van der Waals surface area contributed by atoms with Gasteiger partial charge in [-0.1, -0.05) is 195 Å². The molecule has 0 aliphatic rings. The van der Waals surface area contributed by atoms with Crippen LogP contribution in [0.5, 0.6) is 0 Å². The van der Waals surface area contributed by atoms with Crippen molar-refractivity contribution in [3.05, 3.63) is 73.8 Å². The first-order valence-electron chi connectivity index (χ1n) is 22.5. The summed E-state index contributed by atoms with van der Waals surface area (Å²) in [5.41, 5.74) is 15.6. The fraction of sp³-hybridized carbons (Fsp3) is 0.549. The third kappa shape index (κ3) is 10.7. The SMILES string of the molecule is Cc1c([Si](c2cc([Si](C)(C)C)c([Si](C)(C)C)c(C)c2C)(c2cc([Si](C)(C)C)c([Si](C)(C)C)c(C)c2C)c2c(C)c(C)c(C)[c-]2C)cc([Si](C)(C)C)c([Si](C)(C)C)c1C.[Cl-].[Cl-].[Cl-].[Ti+4]. The Hall–Kier alpha value is 0.112. The van der Waals surface area contributed by atoms with Crippen LogP contribution in [0.4, 0.5) is 0 Å². The molecule has 0 aliphatic carbocycles. The van der Waals surface area contributed by atoms with E-state index in [0.717, 1.165) is 0 Å². The van der Waals surface area contributed by atoms with Crippen LogP contribution in [0, 0.1) is 69.2 Å². The molecule has 0 bridgehead atoms. The van der Waals surface area contributed by atoms with E-state index in [1.165, 1.54) is 11.1 Å². The summed E-state index contributed by atoms with van der Waals surface area (Å²) in [7, 11) is -13.6. The number of halogens is 3. The predicted octanol–water partition coefficient (Wildman–Crippen LogP) is 0.148. The summed E-state index contributed by atoms with van der Waals surface area (Å²) in [6.45, 7) is 72.3. The first-order valence-corrected chi connectivity index (χ1v) is 45.5. The Balaban J connectivity index is 0.00000930. The van der Waals surface area contributed by atoms with Crippen molar-refractivity contribution in [1.82, 2.24) is 0 Å². The summed E-state index contributed by atoms with van der Waals surface area (Å²) in [6.07, 6.45) is 0. The number of rotatable bonds is 10. The second-order valence-electron chi connectivity index (χ2n) is 24.9. The molecule has 4 aromatic carbocycles. The van der Waals surface area contributed by atoms with Gasteiger partial charge in [0.05, 0.1) is 48.4 Å². The molecule has 0 amide bonds. The molecule has 0 nitrogen and oxygen atoms in total. The summed E-state index contributed by atoms with van der Waals surface area (Å²) >= 11 is 0. The molecule has 0 saturated carbocycles. The molecule has 0 fully saturated rings. The first-order chi connectivity index (χ1) is 25.8. The van der Waals surface area contributed by atoms with Gasteiger partial charge in [0.1, 0.15) is 0 Å². The predicted molar refractivity (Wildman–Crippen MR) is 291 cm³/mol. The van der Waals surface area contributed by atoms with Gasteiger partial charge in [-0.2, -0.15) is 27.4 Å². The van der Waals surface area contributed by atoms with Crippen LogP contribution in [-0.2, 0) is 21.7 Å². The molecule has 11 heteroatoms. The van der Waals surface area contributed by atoms with Gasteiger partial charge in [0.15, 0.2) is 8.07 Å². The maximum Gasteiger partial charge on any atom is 4.00 e. The van der Waals surface area contributed by atoms with Crippen LogP contribution in [0.3, 0.4) is 0 Å². The molecule has 62 heavy (non-hydrogen) atoms. The van der Waals surface area contributed by atoms with E-state index in [1.807, 2.05) is 0 Å². The molecule has 0 radical (unpaired) electrons. The van der Waals surface area contributed by atoms with Gasteiger partial charge in [-0.3, -0.25) is 0 Å². The van der Waals surface area contributed by atoms with Crippen molar-refractivity contribution in [2.75, 3.05) is 0 Å². The van der Waals surface area contributed by atoms with Crippen LogP contribution in [0.25, 0.3) is 0 Å². The van der Waals surface area contributed by atoms with E-state index in [4.69, 9.17) is 0 Å². The molecule has 0 saturated heterocycles. The third-order valence-electron chi connectivity index (χ3n) is 14.4. The molecule has 0 heterocycles. The van der Waals surface area contributed by atoms with E-state index in [9.17, 15) is 0 Å². The Labute approximate surface area is 424 Å². The zero-order valence-corrected chi connectivity index (χ0v) is 55.7. The van der Waals surface area contributed by atoms with Crippen LogP contribution in [0.1, 0.15) is 55.6 Å². The van der Waals surface area contributed by atoms with E-state index in [0.29, 0.717) is 0 Å². The maximum absolute atomic E-state index is 3.09. The van der Waals surface area contributed by atoms with E-state index >= 15 is 0 Å². The zero-order valence-electron chi connectivity index (χ0n) is 44.9. The molecule has 0 aliphatic heterocycles. The van der Waals surface area contributed by atoms with E-state index in [1.54, 1.807) is 96.4 Å². The molecule has 0 atom stereocenters. The van der Waals surface area contributed by atoms with Gasteiger partial charge in [0.25, 0.3) is 0 Å². The minimum Gasteiger partial charge on any atom is -1.00 e. The Morgan fingerprint density at radius 3 is 0.694 bits per heavy atom. The Kier molecular flexibility index (Phi) is 20.0. The van der Waals surface area contributed by atoms with Crippen molar-refractivity contribution < 1.29 is 58.9 Å². The van der Waals surface area contributed by atoms with Gasteiger partial charge in [-0.25, -0.2) is 0 Å². The van der Waals surface area contributed by atoms with Crippen LogP contribution < -0.4 is 89.1 Å². The van der Waals surface area contributed by atoms with Crippen molar-refractivity contribution in [3.63, 3.8) is 0 Å². The van der Waals surface area contributed by atoms with Gasteiger partial charge < -0.3 is 37.2 Å². The Morgan fingerprint density at radius 1 is 0.306 bits per heavy atom. The fourth-order valence-electron chi connectivity index (χ4n) is 11.2. The largest absolute Gasteiger partial charge is 4.00 e. The topological polar surface area (TPSA) is 0 Å². The second-order valence-corrected chi connectivity index (χ2v) is 58.6. The number of benzene rings is 3. The Bertz CT molecular complexity index is 2060. The molecule has 4 aromatic rings. The molecular weight excluding hydrogens is 963 g/mol. The van der Waals surface area contributed by atoms with Gasteiger partial charge in [-0.05, 0) is 90.5 Å². The molecule has 0 aromatic heterocycles. The zero-order chi connectivity index (χ0) is 45.2. The second kappa shape index (κ2) is 20.0. The van der Waals surface area contributed by atoms with Gasteiger partial charge in [-0.15, -0.1) is 0 Å². The third-order valence-corrected chi connectivity index (χ3v) is 33.1. The fourth-order valence-corrected chi connectivity index (χ4v) is 36.0. The minimum atomic E-state index is -3.09. The smallest absolute Gasteiger partial charge is 1.00 e. The molecule has 0 unspecified atom stereocenters. The van der Waals surface area contributed by atoms with Crippen LogP contribution in [0.15, 0.2) is 18.2 Å². The monoisotopic (exact) mass is 1050 g/mol. The summed E-state index contributed by atoms with van der Waals surface area (Å²) in [6, 6.07) is 8.74. The van der Waals surface area contributed by atoms with E-state index in [2.05, 4.69) is 205 Å². The van der Waals surface area contributed by atoms with Gasteiger partial charge >= 0.3 is 21.7 Å².